The van der Waals surface area contributed by atoms with E-state index in [9.17, 15) is 10.1 Å². The van der Waals surface area contributed by atoms with Crippen LogP contribution in [-0.4, -0.2) is 24.2 Å². The first-order chi connectivity index (χ1) is 8.18. The summed E-state index contributed by atoms with van der Waals surface area (Å²) in [7, 11) is 0. The lowest BCUT2D eigenvalue weighted by Crippen LogP contribution is -2.16. The van der Waals surface area contributed by atoms with Gasteiger partial charge in [0, 0.05) is 6.61 Å². The summed E-state index contributed by atoms with van der Waals surface area (Å²) in [6.45, 7) is 1.05. The zero-order chi connectivity index (χ0) is 12.3. The monoisotopic (exact) mass is 238 g/mol. The van der Waals surface area contributed by atoms with Gasteiger partial charge in [-0.15, -0.1) is 0 Å². The molecule has 1 unspecified atom stereocenters. The molecule has 17 heavy (non-hydrogen) atoms. The first kappa shape index (κ1) is 11.7. The van der Waals surface area contributed by atoms with Crippen LogP contribution in [0.4, 0.5) is 11.4 Å². The molecule has 0 bridgehead atoms. The minimum absolute atomic E-state index is 0.0241. The largest absolute Gasteiger partial charge is 0.484 e. The summed E-state index contributed by atoms with van der Waals surface area (Å²) in [4.78, 5) is 10.3. The summed E-state index contributed by atoms with van der Waals surface area (Å²) < 4.78 is 10.8. The number of ether oxygens (including phenoxy) is 2. The van der Waals surface area contributed by atoms with Gasteiger partial charge in [-0.2, -0.15) is 0 Å². The van der Waals surface area contributed by atoms with Crippen LogP contribution >= 0.6 is 0 Å². The zero-order valence-corrected chi connectivity index (χ0v) is 9.30. The number of nitrogens with two attached hydrogens (primary N) is 1. The normalized spacial score (nSPS) is 19.2. The molecular formula is C11H14N2O4. The lowest BCUT2D eigenvalue weighted by atomic mass is 10.2. The molecule has 1 heterocycles. The average molecular weight is 238 g/mol. The quantitative estimate of drug-likeness (QED) is 0.490. The van der Waals surface area contributed by atoms with Crippen LogP contribution < -0.4 is 10.5 Å². The molecule has 1 fully saturated rings. The van der Waals surface area contributed by atoms with E-state index in [0.717, 1.165) is 19.4 Å². The molecule has 6 nitrogen and oxygen atoms in total. The fourth-order valence-corrected chi connectivity index (χ4v) is 1.81. The Balaban J connectivity index is 2.09. The maximum atomic E-state index is 10.9. The highest BCUT2D eigenvalue weighted by Gasteiger charge is 2.21. The molecule has 1 aromatic carbocycles. The van der Waals surface area contributed by atoms with Crippen molar-refractivity contribution in [3.8, 4) is 5.75 Å². The number of nitrogen functional groups attached to an aromatic ring is 1. The van der Waals surface area contributed by atoms with E-state index in [1.54, 1.807) is 12.1 Å². The van der Waals surface area contributed by atoms with Crippen LogP contribution in [0, 0.1) is 10.1 Å². The van der Waals surface area contributed by atoms with E-state index < -0.39 is 4.92 Å². The number of hydrogen-bond acceptors (Lipinski definition) is 5. The number of nitro benzene ring substituents is 1. The molecule has 1 saturated heterocycles. The molecule has 0 aliphatic carbocycles. The van der Waals surface area contributed by atoms with E-state index in [2.05, 4.69) is 0 Å². The third kappa shape index (κ3) is 2.65. The van der Waals surface area contributed by atoms with Gasteiger partial charge in [0.05, 0.1) is 11.0 Å². The van der Waals surface area contributed by atoms with Crippen molar-refractivity contribution >= 4 is 11.4 Å². The molecule has 1 aliphatic rings. The smallest absolute Gasteiger partial charge is 0.333 e. The highest BCUT2D eigenvalue weighted by atomic mass is 16.6. The first-order valence-electron chi connectivity index (χ1n) is 5.46. The number of anilines is 1. The fraction of sp³-hybridized carbons (Fsp3) is 0.455. The Bertz CT molecular complexity index is 416. The van der Waals surface area contributed by atoms with Gasteiger partial charge in [0.25, 0.3) is 0 Å². The summed E-state index contributed by atoms with van der Waals surface area (Å²) in [6.07, 6.45) is 1.96. The number of para-hydroxylation sites is 1. The zero-order valence-electron chi connectivity index (χ0n) is 9.30. The topological polar surface area (TPSA) is 87.6 Å². The van der Waals surface area contributed by atoms with Gasteiger partial charge in [0.2, 0.25) is 0 Å². The second-order valence-electron chi connectivity index (χ2n) is 3.90. The van der Waals surface area contributed by atoms with E-state index in [4.69, 9.17) is 15.2 Å². The van der Waals surface area contributed by atoms with Crippen molar-refractivity contribution in [2.24, 2.45) is 0 Å². The molecular weight excluding hydrogens is 224 g/mol. The van der Waals surface area contributed by atoms with Crippen molar-refractivity contribution in [1.29, 1.82) is 0 Å². The molecule has 2 rings (SSSR count). The maximum Gasteiger partial charge on any atom is 0.333 e. The van der Waals surface area contributed by atoms with Crippen molar-refractivity contribution in [3.63, 3.8) is 0 Å². The van der Waals surface area contributed by atoms with Crippen LogP contribution in [0.3, 0.4) is 0 Å². The molecule has 1 atom stereocenters. The van der Waals surface area contributed by atoms with E-state index >= 15 is 0 Å². The number of nitro groups is 1. The molecule has 0 radical (unpaired) electrons. The Hall–Kier alpha value is -1.82. The van der Waals surface area contributed by atoms with Crippen LogP contribution in [0.15, 0.2) is 18.2 Å². The molecule has 92 valence electrons. The van der Waals surface area contributed by atoms with Gasteiger partial charge in [-0.3, -0.25) is 10.1 Å². The van der Waals surface area contributed by atoms with Gasteiger partial charge in [-0.25, -0.2) is 0 Å². The Morgan fingerprint density at radius 2 is 2.41 bits per heavy atom. The second kappa shape index (κ2) is 5.01. The van der Waals surface area contributed by atoms with Gasteiger partial charge in [-0.1, -0.05) is 6.07 Å². The van der Waals surface area contributed by atoms with Crippen molar-refractivity contribution in [2.45, 2.75) is 18.9 Å². The second-order valence-corrected chi connectivity index (χ2v) is 3.90. The van der Waals surface area contributed by atoms with E-state index in [-0.39, 0.29) is 23.2 Å². The SMILES string of the molecule is Nc1cccc(OCC2CCCO2)c1[N+](=O)[O-]. The van der Waals surface area contributed by atoms with Crippen LogP contribution in [-0.2, 0) is 4.74 Å². The maximum absolute atomic E-state index is 10.9. The lowest BCUT2D eigenvalue weighted by Gasteiger charge is -2.11. The number of nitrogens with zero attached hydrogens (tertiary/aromatic N) is 1. The van der Waals surface area contributed by atoms with Gasteiger partial charge in [0.15, 0.2) is 5.75 Å². The Kier molecular flexibility index (Phi) is 3.43. The van der Waals surface area contributed by atoms with Gasteiger partial charge in [-0.05, 0) is 25.0 Å². The average Bonchev–Trinajstić information content (AvgIpc) is 2.78. The van der Waals surface area contributed by atoms with Gasteiger partial charge in [0.1, 0.15) is 12.3 Å². The predicted octanol–water partition coefficient (Wildman–Crippen LogP) is 1.73. The number of hydrogen-bond donors (Lipinski definition) is 1. The van der Waals surface area contributed by atoms with E-state index in [1.807, 2.05) is 0 Å². The summed E-state index contributed by atoms with van der Waals surface area (Å²) in [5.74, 6) is 0.200. The van der Waals surface area contributed by atoms with Crippen LogP contribution in [0.5, 0.6) is 5.75 Å². The van der Waals surface area contributed by atoms with Crippen molar-refractivity contribution in [3.05, 3.63) is 28.3 Å². The molecule has 0 spiro atoms. The molecule has 1 aromatic rings. The molecule has 2 N–H and O–H groups in total. The molecule has 6 heteroatoms. The Labute approximate surface area is 98.5 Å². The third-order valence-corrected chi connectivity index (χ3v) is 2.66. The number of rotatable bonds is 4. The van der Waals surface area contributed by atoms with Crippen molar-refractivity contribution in [2.75, 3.05) is 18.9 Å². The number of benzene rings is 1. The van der Waals surface area contributed by atoms with Crippen molar-refractivity contribution in [1.82, 2.24) is 0 Å². The molecule has 1 aliphatic heterocycles. The summed E-state index contributed by atoms with van der Waals surface area (Å²) in [5, 5.41) is 10.9. The molecule has 0 aromatic heterocycles. The summed E-state index contributed by atoms with van der Waals surface area (Å²) in [6, 6.07) is 4.66. The van der Waals surface area contributed by atoms with Gasteiger partial charge < -0.3 is 15.2 Å². The van der Waals surface area contributed by atoms with Gasteiger partial charge >= 0.3 is 5.69 Å². The highest BCUT2D eigenvalue weighted by molar-refractivity contribution is 5.65. The van der Waals surface area contributed by atoms with Crippen LogP contribution in [0.25, 0.3) is 0 Å². The Morgan fingerprint density at radius 3 is 3.06 bits per heavy atom. The Morgan fingerprint density at radius 1 is 1.59 bits per heavy atom. The molecule has 0 amide bonds. The molecule has 0 saturated carbocycles. The third-order valence-electron chi connectivity index (χ3n) is 2.66. The minimum atomic E-state index is -0.528. The highest BCUT2D eigenvalue weighted by Crippen LogP contribution is 2.32. The van der Waals surface area contributed by atoms with Crippen molar-refractivity contribution < 1.29 is 14.4 Å². The van der Waals surface area contributed by atoms with Crippen LogP contribution in [0.1, 0.15) is 12.8 Å². The standard InChI is InChI=1S/C11H14N2O4/c12-9-4-1-5-10(11(9)13(14)15)17-7-8-3-2-6-16-8/h1,4-5,8H,2-3,6-7,12H2. The van der Waals surface area contributed by atoms with E-state index in [0.29, 0.717) is 6.61 Å². The summed E-state index contributed by atoms with van der Waals surface area (Å²) >= 11 is 0. The minimum Gasteiger partial charge on any atom is -0.484 e. The fourth-order valence-electron chi connectivity index (χ4n) is 1.81. The first-order valence-corrected chi connectivity index (χ1v) is 5.46. The lowest BCUT2D eigenvalue weighted by molar-refractivity contribution is -0.385. The predicted molar refractivity (Wildman–Crippen MR) is 62.0 cm³/mol. The van der Waals surface area contributed by atoms with Crippen LogP contribution in [0.2, 0.25) is 0 Å². The van der Waals surface area contributed by atoms with E-state index in [1.165, 1.54) is 6.07 Å². The summed E-state index contributed by atoms with van der Waals surface area (Å²) in [5.41, 5.74) is 5.49.